The molecular weight excluding hydrogens is 432 g/mol. The molecule has 0 saturated carbocycles. The van der Waals surface area contributed by atoms with Crippen LogP contribution in [-0.2, 0) is 6.54 Å². The molecule has 0 radical (unpaired) electrons. The van der Waals surface area contributed by atoms with E-state index in [9.17, 15) is 4.79 Å². The number of aliphatic imine (C=N–C) groups is 1. The molecule has 1 amide bonds. The van der Waals surface area contributed by atoms with E-state index in [1.54, 1.807) is 11.8 Å². The Balaban J connectivity index is 1.37. The Bertz CT molecular complexity index is 1200. The Morgan fingerprint density at radius 1 is 1.03 bits per heavy atom. The van der Waals surface area contributed by atoms with Crippen LogP contribution in [0.15, 0.2) is 75.4 Å². The monoisotopic (exact) mass is 450 g/mol. The van der Waals surface area contributed by atoms with Gasteiger partial charge in [0.15, 0.2) is 11.5 Å². The smallest absolute Gasteiger partial charge is 0.251 e. The van der Waals surface area contributed by atoms with Crippen molar-refractivity contribution >= 4 is 40.7 Å². The maximum atomic E-state index is 12.8. The molecule has 0 aromatic heterocycles. The van der Waals surface area contributed by atoms with Gasteiger partial charge in [-0.15, -0.1) is 11.6 Å². The summed E-state index contributed by atoms with van der Waals surface area (Å²) in [7, 11) is 0. The zero-order valence-electron chi connectivity index (χ0n) is 16.6. The number of rotatable bonds is 5. The summed E-state index contributed by atoms with van der Waals surface area (Å²) in [5.74, 6) is 1.77. The van der Waals surface area contributed by atoms with Gasteiger partial charge in [-0.2, -0.15) is 0 Å². The van der Waals surface area contributed by atoms with Crippen LogP contribution in [0.4, 0.5) is 5.69 Å². The minimum absolute atomic E-state index is 0.152. The van der Waals surface area contributed by atoms with E-state index in [4.69, 9.17) is 26.1 Å². The number of benzene rings is 3. The van der Waals surface area contributed by atoms with Gasteiger partial charge in [-0.1, -0.05) is 36.0 Å². The lowest BCUT2D eigenvalue weighted by Gasteiger charge is -2.09. The highest BCUT2D eigenvalue weighted by atomic mass is 35.5. The molecule has 2 heterocycles. The Morgan fingerprint density at radius 2 is 1.90 bits per heavy atom. The third-order valence-corrected chi connectivity index (χ3v) is 6.45. The van der Waals surface area contributed by atoms with Crippen molar-refractivity contribution in [3.8, 4) is 11.5 Å². The van der Waals surface area contributed by atoms with Crippen molar-refractivity contribution < 1.29 is 14.3 Å². The van der Waals surface area contributed by atoms with Crippen molar-refractivity contribution in [1.82, 2.24) is 5.32 Å². The number of carbonyl (C=O) groups is 1. The van der Waals surface area contributed by atoms with Crippen LogP contribution in [0.1, 0.15) is 27.9 Å². The number of nitrogens with one attached hydrogen (secondary N) is 1. The van der Waals surface area contributed by atoms with Gasteiger partial charge in [-0.3, -0.25) is 9.79 Å². The summed E-state index contributed by atoms with van der Waals surface area (Å²) in [5, 5.41) is 2.97. The predicted octanol–water partition coefficient (Wildman–Crippen LogP) is 5.56. The summed E-state index contributed by atoms with van der Waals surface area (Å²) < 4.78 is 10.7. The predicted molar refractivity (Wildman–Crippen MR) is 122 cm³/mol. The largest absolute Gasteiger partial charge is 0.454 e. The number of carbonyl (C=O) groups excluding carboxylic acids is 1. The fraction of sp³-hybridized carbons (Fsp3) is 0.167. The van der Waals surface area contributed by atoms with Gasteiger partial charge in [0.05, 0.1) is 11.4 Å². The second-order valence-corrected chi connectivity index (χ2v) is 8.61. The summed E-state index contributed by atoms with van der Waals surface area (Å²) in [6, 6.07) is 19.5. The number of hydrogen-bond donors (Lipinski definition) is 1. The quantitative estimate of drug-likeness (QED) is 0.517. The third kappa shape index (κ3) is 4.13. The molecule has 2 aliphatic heterocycles. The number of nitrogens with zero attached hydrogens (tertiary/aromatic N) is 1. The van der Waals surface area contributed by atoms with Gasteiger partial charge in [-0.25, -0.2) is 0 Å². The molecule has 156 valence electrons. The number of alkyl halides is 1. The van der Waals surface area contributed by atoms with Crippen molar-refractivity contribution in [3.63, 3.8) is 0 Å². The molecule has 0 fully saturated rings. The zero-order chi connectivity index (χ0) is 21.2. The normalized spacial score (nSPS) is 13.6. The van der Waals surface area contributed by atoms with E-state index in [2.05, 4.69) is 17.4 Å². The topological polar surface area (TPSA) is 59.9 Å². The molecule has 5 nitrogen and oxygen atoms in total. The Morgan fingerprint density at radius 3 is 2.81 bits per heavy atom. The van der Waals surface area contributed by atoms with Crippen LogP contribution >= 0.6 is 23.4 Å². The molecule has 7 heteroatoms. The summed E-state index contributed by atoms with van der Waals surface area (Å²) in [6.45, 7) is 0.627. The summed E-state index contributed by atoms with van der Waals surface area (Å²) in [5.41, 5.74) is 4.34. The first-order valence-electron chi connectivity index (χ1n) is 9.93. The van der Waals surface area contributed by atoms with Crippen LogP contribution < -0.4 is 14.8 Å². The van der Waals surface area contributed by atoms with Crippen molar-refractivity contribution in [2.45, 2.75) is 22.8 Å². The first kappa shape index (κ1) is 20.0. The van der Waals surface area contributed by atoms with E-state index in [0.717, 1.165) is 38.1 Å². The van der Waals surface area contributed by atoms with E-state index < -0.39 is 0 Å². The molecule has 1 N–H and O–H groups in total. The van der Waals surface area contributed by atoms with Crippen LogP contribution in [0, 0.1) is 0 Å². The fourth-order valence-electron chi connectivity index (χ4n) is 3.57. The van der Waals surface area contributed by atoms with Gasteiger partial charge in [0.2, 0.25) is 6.79 Å². The maximum Gasteiger partial charge on any atom is 0.251 e. The van der Waals surface area contributed by atoms with Crippen LogP contribution in [0.3, 0.4) is 0 Å². The molecule has 0 saturated heterocycles. The highest BCUT2D eigenvalue weighted by Gasteiger charge is 2.19. The molecule has 2 aliphatic rings. The van der Waals surface area contributed by atoms with E-state index in [-0.39, 0.29) is 12.7 Å². The SMILES string of the molecule is O=C(NCc1ccc2c(c1)OCO2)c1ccc2c(c1)N=C(CCCl)c1ccccc1S2. The fourth-order valence-corrected chi connectivity index (χ4v) is 4.77. The molecule has 0 bridgehead atoms. The average molecular weight is 451 g/mol. The summed E-state index contributed by atoms with van der Waals surface area (Å²) in [6.07, 6.45) is 0.666. The van der Waals surface area contributed by atoms with Crippen molar-refractivity contribution in [1.29, 1.82) is 0 Å². The second-order valence-electron chi connectivity index (χ2n) is 7.15. The highest BCUT2D eigenvalue weighted by molar-refractivity contribution is 7.99. The van der Waals surface area contributed by atoms with Gasteiger partial charge in [0, 0.05) is 39.8 Å². The first-order valence-corrected chi connectivity index (χ1v) is 11.3. The van der Waals surface area contributed by atoms with Gasteiger partial charge < -0.3 is 14.8 Å². The Labute approximate surface area is 189 Å². The van der Waals surface area contributed by atoms with Crippen molar-refractivity contribution in [3.05, 3.63) is 77.4 Å². The lowest BCUT2D eigenvalue weighted by atomic mass is 10.1. The average Bonchev–Trinajstić information content (AvgIpc) is 3.20. The van der Waals surface area contributed by atoms with Crippen LogP contribution in [-0.4, -0.2) is 24.3 Å². The molecule has 3 aromatic rings. The highest BCUT2D eigenvalue weighted by Crippen LogP contribution is 2.41. The molecule has 0 aliphatic carbocycles. The van der Waals surface area contributed by atoms with E-state index in [1.807, 2.05) is 48.5 Å². The van der Waals surface area contributed by atoms with E-state index in [0.29, 0.717) is 30.2 Å². The van der Waals surface area contributed by atoms with Crippen LogP contribution in [0.2, 0.25) is 0 Å². The lowest BCUT2D eigenvalue weighted by molar-refractivity contribution is 0.0951. The number of fused-ring (bicyclic) bond motifs is 3. The Hall–Kier alpha value is -2.96. The summed E-state index contributed by atoms with van der Waals surface area (Å²) >= 11 is 7.69. The van der Waals surface area contributed by atoms with Crippen molar-refractivity contribution in [2.24, 2.45) is 4.99 Å². The molecular formula is C24H19ClN2O3S. The van der Waals surface area contributed by atoms with E-state index in [1.165, 1.54) is 0 Å². The molecule has 31 heavy (non-hydrogen) atoms. The maximum absolute atomic E-state index is 12.8. The standard InChI is InChI=1S/C24H19ClN2O3S/c25-10-9-18-17-3-1-2-4-22(17)31-23-8-6-16(12-19(23)27-18)24(28)26-13-15-5-7-20-21(11-15)30-14-29-20/h1-8,11-12H,9-10,13-14H2,(H,26,28). The Kier molecular flexibility index (Phi) is 5.57. The minimum Gasteiger partial charge on any atom is -0.454 e. The molecule has 3 aromatic carbocycles. The van der Waals surface area contributed by atoms with Gasteiger partial charge in [0.1, 0.15) is 0 Å². The number of hydrogen-bond acceptors (Lipinski definition) is 5. The van der Waals surface area contributed by atoms with Gasteiger partial charge >= 0.3 is 0 Å². The molecule has 0 spiro atoms. The summed E-state index contributed by atoms with van der Waals surface area (Å²) in [4.78, 5) is 19.8. The minimum atomic E-state index is -0.152. The van der Waals surface area contributed by atoms with Gasteiger partial charge in [0.25, 0.3) is 5.91 Å². The van der Waals surface area contributed by atoms with Crippen LogP contribution in [0.25, 0.3) is 0 Å². The number of ether oxygens (including phenoxy) is 2. The number of amides is 1. The van der Waals surface area contributed by atoms with E-state index >= 15 is 0 Å². The zero-order valence-corrected chi connectivity index (χ0v) is 18.1. The molecule has 0 atom stereocenters. The number of halogens is 1. The second kappa shape index (κ2) is 8.65. The third-order valence-electron chi connectivity index (χ3n) is 5.12. The van der Waals surface area contributed by atoms with Crippen LogP contribution in [0.5, 0.6) is 11.5 Å². The first-order chi connectivity index (χ1) is 15.2. The lowest BCUT2D eigenvalue weighted by Crippen LogP contribution is -2.22. The molecule has 0 unspecified atom stereocenters. The van der Waals surface area contributed by atoms with Gasteiger partial charge in [-0.05, 0) is 42.0 Å². The van der Waals surface area contributed by atoms with Crippen molar-refractivity contribution in [2.75, 3.05) is 12.7 Å². The molecule has 5 rings (SSSR count).